The van der Waals surface area contributed by atoms with Crippen molar-refractivity contribution in [2.45, 2.75) is 50.1 Å². The summed E-state index contributed by atoms with van der Waals surface area (Å²) in [6.45, 7) is 0.180. The van der Waals surface area contributed by atoms with Gasteiger partial charge >= 0.3 is 12.1 Å². The first-order valence-electron chi connectivity index (χ1n) is 12.1. The first-order chi connectivity index (χ1) is 17.0. The van der Waals surface area contributed by atoms with E-state index in [1.165, 1.54) is 0 Å². The maximum absolute atomic E-state index is 13.0. The average Bonchev–Trinajstić information content (AvgIpc) is 3.19. The molecule has 0 spiro atoms. The molecule has 2 amide bonds. The maximum atomic E-state index is 13.0. The summed E-state index contributed by atoms with van der Waals surface area (Å²) in [6.07, 6.45) is 4.34. The summed E-state index contributed by atoms with van der Waals surface area (Å²) >= 11 is 1.59. The molecule has 0 bridgehead atoms. The van der Waals surface area contributed by atoms with E-state index in [0.29, 0.717) is 25.0 Å². The molecule has 0 radical (unpaired) electrons. The van der Waals surface area contributed by atoms with E-state index in [0.717, 1.165) is 35.1 Å². The van der Waals surface area contributed by atoms with Crippen LogP contribution >= 0.6 is 11.8 Å². The Bertz CT molecular complexity index is 1030. The van der Waals surface area contributed by atoms with Crippen molar-refractivity contribution in [3.05, 3.63) is 59.7 Å². The van der Waals surface area contributed by atoms with Crippen molar-refractivity contribution in [2.24, 2.45) is 5.92 Å². The number of rotatable bonds is 9. The number of nitrogens with one attached hydrogen (secondary N) is 2. The van der Waals surface area contributed by atoms with Crippen molar-refractivity contribution in [2.75, 3.05) is 18.6 Å². The molecule has 8 heteroatoms. The number of thioether (sulfide) groups is 1. The summed E-state index contributed by atoms with van der Waals surface area (Å²) in [4.78, 5) is 37.1. The summed E-state index contributed by atoms with van der Waals surface area (Å²) in [5.74, 6) is -0.900. The van der Waals surface area contributed by atoms with Gasteiger partial charge in [-0.25, -0.2) is 4.79 Å². The van der Waals surface area contributed by atoms with E-state index in [2.05, 4.69) is 34.9 Å². The molecule has 1 saturated carbocycles. The van der Waals surface area contributed by atoms with Crippen LogP contribution in [0.4, 0.5) is 4.79 Å². The molecule has 7 nitrogen and oxygen atoms in total. The predicted molar refractivity (Wildman–Crippen MR) is 137 cm³/mol. The quantitative estimate of drug-likeness (QED) is 0.475. The molecular weight excluding hydrogens is 464 g/mol. The summed E-state index contributed by atoms with van der Waals surface area (Å²) in [5.41, 5.74) is 4.56. The van der Waals surface area contributed by atoms with Crippen LogP contribution in [0.15, 0.2) is 48.5 Å². The lowest BCUT2D eigenvalue weighted by Gasteiger charge is -2.29. The number of hydrogen-bond acceptors (Lipinski definition) is 5. The monoisotopic (exact) mass is 496 g/mol. The molecule has 186 valence electrons. The van der Waals surface area contributed by atoms with Crippen molar-refractivity contribution in [3.8, 4) is 11.1 Å². The highest BCUT2D eigenvalue weighted by molar-refractivity contribution is 7.98. The van der Waals surface area contributed by atoms with Crippen molar-refractivity contribution >= 4 is 29.7 Å². The van der Waals surface area contributed by atoms with Gasteiger partial charge in [0.15, 0.2) is 0 Å². The van der Waals surface area contributed by atoms with Crippen LogP contribution in [0.5, 0.6) is 0 Å². The van der Waals surface area contributed by atoms with Crippen LogP contribution in [-0.2, 0) is 14.3 Å². The highest BCUT2D eigenvalue weighted by Gasteiger charge is 2.32. The fourth-order valence-electron chi connectivity index (χ4n) is 5.13. The molecular formula is C27H32N2O5S. The van der Waals surface area contributed by atoms with Gasteiger partial charge < -0.3 is 20.5 Å². The third kappa shape index (κ3) is 5.99. The summed E-state index contributed by atoms with van der Waals surface area (Å²) in [6, 6.07) is 15.3. The largest absolute Gasteiger partial charge is 0.481 e. The number of carboxylic acid groups (broad SMARTS) is 1. The second-order valence-corrected chi connectivity index (χ2v) is 10.2. The van der Waals surface area contributed by atoms with Gasteiger partial charge in [-0.05, 0) is 59.9 Å². The van der Waals surface area contributed by atoms with Crippen LogP contribution in [-0.4, -0.2) is 53.8 Å². The highest BCUT2D eigenvalue weighted by atomic mass is 32.2. The van der Waals surface area contributed by atoms with Crippen molar-refractivity contribution < 1.29 is 24.2 Å². The van der Waals surface area contributed by atoms with Crippen molar-refractivity contribution in [3.63, 3.8) is 0 Å². The van der Waals surface area contributed by atoms with E-state index < -0.39 is 24.0 Å². The van der Waals surface area contributed by atoms with Crippen LogP contribution in [0.3, 0.4) is 0 Å². The molecule has 0 aromatic heterocycles. The molecule has 3 N–H and O–H groups in total. The summed E-state index contributed by atoms with van der Waals surface area (Å²) < 4.78 is 5.62. The summed E-state index contributed by atoms with van der Waals surface area (Å²) in [7, 11) is 0. The van der Waals surface area contributed by atoms with Gasteiger partial charge in [-0.1, -0.05) is 55.0 Å². The van der Waals surface area contributed by atoms with Gasteiger partial charge in [0, 0.05) is 12.0 Å². The lowest BCUT2D eigenvalue weighted by atomic mass is 9.85. The molecule has 2 aliphatic carbocycles. The standard InChI is InChI=1S/C27H32N2O5S/c1-35-14-13-24(25(30)28-18-8-6-7-17(15-18)26(31)32)29-27(33)34-16-23-21-11-4-2-9-19(21)20-10-3-5-12-22(20)23/h2-5,9-12,17-18,23-24H,6-8,13-16H2,1H3,(H,28,30)(H,29,33)(H,31,32)/t17-,18+,24?/m0/s1. The third-order valence-electron chi connectivity index (χ3n) is 6.93. The van der Waals surface area contributed by atoms with Crippen molar-refractivity contribution in [1.29, 1.82) is 0 Å². The molecule has 3 atom stereocenters. The van der Waals surface area contributed by atoms with Gasteiger partial charge in [-0.15, -0.1) is 0 Å². The van der Waals surface area contributed by atoms with Gasteiger partial charge in [0.2, 0.25) is 5.91 Å². The van der Waals surface area contributed by atoms with E-state index in [4.69, 9.17) is 4.74 Å². The number of carbonyl (C=O) groups is 3. The Labute approximate surface area is 210 Å². The van der Waals surface area contributed by atoms with Crippen LogP contribution < -0.4 is 10.6 Å². The number of carboxylic acids is 1. The minimum Gasteiger partial charge on any atom is -0.481 e. The first kappa shape index (κ1) is 25.1. The number of carbonyl (C=O) groups excluding carboxylic acids is 2. The minimum atomic E-state index is -0.820. The van der Waals surface area contributed by atoms with Gasteiger partial charge in [0.1, 0.15) is 12.6 Å². The average molecular weight is 497 g/mol. The van der Waals surface area contributed by atoms with Crippen LogP contribution in [0.2, 0.25) is 0 Å². The molecule has 35 heavy (non-hydrogen) atoms. The lowest BCUT2D eigenvalue weighted by Crippen LogP contribution is -2.51. The first-order valence-corrected chi connectivity index (χ1v) is 13.5. The van der Waals surface area contributed by atoms with E-state index in [9.17, 15) is 19.5 Å². The number of hydrogen-bond donors (Lipinski definition) is 3. The van der Waals surface area contributed by atoms with Crippen LogP contribution in [0.25, 0.3) is 11.1 Å². The zero-order valence-corrected chi connectivity index (χ0v) is 20.7. The minimum absolute atomic E-state index is 0.0539. The zero-order valence-electron chi connectivity index (χ0n) is 19.9. The molecule has 0 heterocycles. The lowest BCUT2D eigenvalue weighted by molar-refractivity contribution is -0.143. The van der Waals surface area contributed by atoms with Gasteiger partial charge in [-0.3, -0.25) is 9.59 Å². The molecule has 4 rings (SSSR count). The highest BCUT2D eigenvalue weighted by Crippen LogP contribution is 2.44. The van der Waals surface area contributed by atoms with Gasteiger partial charge in [0.25, 0.3) is 0 Å². The Kier molecular flexibility index (Phi) is 8.33. The van der Waals surface area contributed by atoms with E-state index in [-0.39, 0.29) is 24.5 Å². The molecule has 1 unspecified atom stereocenters. The Balaban J connectivity index is 1.36. The normalized spacial score (nSPS) is 19.8. The Morgan fingerprint density at radius 2 is 1.71 bits per heavy atom. The van der Waals surface area contributed by atoms with E-state index >= 15 is 0 Å². The Hall–Kier alpha value is -3.00. The fraction of sp³-hybridized carbons (Fsp3) is 0.444. The van der Waals surface area contributed by atoms with Crippen LogP contribution in [0.1, 0.15) is 49.1 Å². The second kappa shape index (κ2) is 11.6. The number of amides is 2. The predicted octanol–water partition coefficient (Wildman–Crippen LogP) is 4.41. The smallest absolute Gasteiger partial charge is 0.407 e. The number of aliphatic carboxylic acids is 1. The maximum Gasteiger partial charge on any atom is 0.407 e. The number of alkyl carbamates (subject to hydrolysis) is 1. The Morgan fingerprint density at radius 3 is 2.34 bits per heavy atom. The SMILES string of the molecule is CSCCC(NC(=O)OCC1c2ccccc2-c2ccccc21)C(=O)N[C@@H]1CCC[C@H](C(=O)O)C1. The third-order valence-corrected chi connectivity index (χ3v) is 7.58. The summed E-state index contributed by atoms with van der Waals surface area (Å²) in [5, 5.41) is 15.0. The van der Waals surface area contributed by atoms with Gasteiger partial charge in [-0.2, -0.15) is 11.8 Å². The number of fused-ring (bicyclic) bond motifs is 3. The van der Waals surface area contributed by atoms with E-state index in [1.54, 1.807) is 11.8 Å². The zero-order chi connectivity index (χ0) is 24.8. The molecule has 0 saturated heterocycles. The molecule has 1 fully saturated rings. The molecule has 0 aliphatic heterocycles. The number of benzene rings is 2. The molecule has 2 aromatic carbocycles. The second-order valence-electron chi connectivity index (χ2n) is 9.21. The van der Waals surface area contributed by atoms with Crippen molar-refractivity contribution in [1.82, 2.24) is 10.6 Å². The van der Waals surface area contributed by atoms with E-state index in [1.807, 2.05) is 30.5 Å². The topological polar surface area (TPSA) is 105 Å². The Morgan fingerprint density at radius 1 is 1.06 bits per heavy atom. The van der Waals surface area contributed by atoms with Crippen LogP contribution in [0, 0.1) is 5.92 Å². The van der Waals surface area contributed by atoms with Gasteiger partial charge in [0.05, 0.1) is 5.92 Å². The number of ether oxygens (including phenoxy) is 1. The molecule has 2 aliphatic rings. The molecule has 2 aromatic rings. The fourth-order valence-corrected chi connectivity index (χ4v) is 5.61.